The number of aromatic amines is 2. The van der Waals surface area contributed by atoms with Crippen LogP contribution in [0, 0.1) is 0 Å². The van der Waals surface area contributed by atoms with Gasteiger partial charge in [-0.25, -0.2) is 4.98 Å². The van der Waals surface area contributed by atoms with Crippen LogP contribution in [0.3, 0.4) is 0 Å². The lowest BCUT2D eigenvalue weighted by atomic mass is 10.2. The zero-order valence-electron chi connectivity index (χ0n) is 8.58. The Balaban J connectivity index is 2.44. The molecule has 0 spiro atoms. The van der Waals surface area contributed by atoms with Gasteiger partial charge in [0.25, 0.3) is 5.56 Å². The van der Waals surface area contributed by atoms with Gasteiger partial charge in [0.1, 0.15) is 5.82 Å². The van der Waals surface area contributed by atoms with E-state index in [-0.39, 0.29) is 5.56 Å². The van der Waals surface area contributed by atoms with Crippen molar-refractivity contribution in [3.63, 3.8) is 0 Å². The Labute approximate surface area is 87.4 Å². The van der Waals surface area contributed by atoms with Gasteiger partial charge in [-0.2, -0.15) is 0 Å². The highest BCUT2D eigenvalue weighted by atomic mass is 16.1. The predicted molar refractivity (Wildman–Crippen MR) is 58.6 cm³/mol. The van der Waals surface area contributed by atoms with Crippen LogP contribution in [0.5, 0.6) is 0 Å². The van der Waals surface area contributed by atoms with Gasteiger partial charge < -0.3 is 9.97 Å². The fourth-order valence-corrected chi connectivity index (χ4v) is 1.49. The van der Waals surface area contributed by atoms with Crippen molar-refractivity contribution >= 4 is 0 Å². The van der Waals surface area contributed by atoms with E-state index in [2.05, 4.69) is 21.9 Å². The van der Waals surface area contributed by atoms with Crippen LogP contribution >= 0.6 is 0 Å². The van der Waals surface area contributed by atoms with Crippen LogP contribution in [-0.2, 0) is 6.42 Å². The molecule has 0 unspecified atom stereocenters. The molecule has 4 heteroatoms. The Morgan fingerprint density at radius 1 is 1.47 bits per heavy atom. The summed E-state index contributed by atoms with van der Waals surface area (Å²) in [5, 5.41) is 0. The van der Waals surface area contributed by atoms with Gasteiger partial charge in [0.2, 0.25) is 0 Å². The molecule has 2 aromatic rings. The first-order chi connectivity index (χ1) is 7.29. The first-order valence-corrected chi connectivity index (χ1v) is 5.03. The van der Waals surface area contributed by atoms with Crippen molar-refractivity contribution in [3.8, 4) is 11.4 Å². The number of nitrogens with zero attached hydrogens (tertiary/aromatic N) is 1. The van der Waals surface area contributed by atoms with E-state index < -0.39 is 0 Å². The Kier molecular flexibility index (Phi) is 2.67. The predicted octanol–water partition coefficient (Wildman–Crippen LogP) is 1.72. The zero-order chi connectivity index (χ0) is 10.7. The third kappa shape index (κ3) is 2.15. The third-order valence-electron chi connectivity index (χ3n) is 2.15. The first kappa shape index (κ1) is 9.71. The van der Waals surface area contributed by atoms with Crippen molar-refractivity contribution in [1.82, 2.24) is 15.0 Å². The summed E-state index contributed by atoms with van der Waals surface area (Å²) in [6.07, 6.45) is 3.58. The van der Waals surface area contributed by atoms with Gasteiger partial charge in [0.05, 0.1) is 11.4 Å². The van der Waals surface area contributed by atoms with Crippen LogP contribution in [0.25, 0.3) is 11.4 Å². The van der Waals surface area contributed by atoms with Crippen molar-refractivity contribution in [2.24, 2.45) is 0 Å². The van der Waals surface area contributed by atoms with Gasteiger partial charge >= 0.3 is 0 Å². The molecule has 2 heterocycles. The Bertz CT molecular complexity index is 485. The molecule has 0 amide bonds. The maximum Gasteiger partial charge on any atom is 0.251 e. The summed E-state index contributed by atoms with van der Waals surface area (Å²) in [4.78, 5) is 21.5. The van der Waals surface area contributed by atoms with Crippen LogP contribution in [0.1, 0.15) is 19.2 Å². The first-order valence-electron chi connectivity index (χ1n) is 5.03. The molecule has 0 saturated carbocycles. The highest BCUT2D eigenvalue weighted by Gasteiger charge is 2.03. The second-order valence-electron chi connectivity index (χ2n) is 3.41. The third-order valence-corrected chi connectivity index (χ3v) is 2.15. The summed E-state index contributed by atoms with van der Waals surface area (Å²) >= 11 is 0. The minimum atomic E-state index is -0.0990. The van der Waals surface area contributed by atoms with Gasteiger partial charge in [-0.15, -0.1) is 0 Å². The molecule has 0 aliphatic heterocycles. The smallest absolute Gasteiger partial charge is 0.251 e. The van der Waals surface area contributed by atoms with Crippen LogP contribution in [0.4, 0.5) is 0 Å². The molecule has 2 N–H and O–H groups in total. The molecule has 2 rings (SSSR count). The second kappa shape index (κ2) is 4.13. The number of hydrogen-bond donors (Lipinski definition) is 2. The van der Waals surface area contributed by atoms with Gasteiger partial charge in [-0.3, -0.25) is 4.79 Å². The quantitative estimate of drug-likeness (QED) is 0.797. The van der Waals surface area contributed by atoms with E-state index in [1.807, 2.05) is 18.3 Å². The van der Waals surface area contributed by atoms with E-state index in [1.165, 1.54) is 6.07 Å². The molecule has 0 aliphatic rings. The normalized spacial score (nSPS) is 10.5. The molecule has 0 aliphatic carbocycles. The highest BCUT2D eigenvalue weighted by molar-refractivity contribution is 5.53. The number of nitrogens with one attached hydrogen (secondary N) is 2. The largest absolute Gasteiger partial charge is 0.360 e. The maximum atomic E-state index is 11.4. The monoisotopic (exact) mass is 203 g/mol. The van der Waals surface area contributed by atoms with E-state index in [1.54, 1.807) is 0 Å². The van der Waals surface area contributed by atoms with Crippen molar-refractivity contribution in [1.29, 1.82) is 0 Å². The zero-order valence-corrected chi connectivity index (χ0v) is 8.58. The van der Waals surface area contributed by atoms with Crippen LogP contribution in [0.15, 0.2) is 29.2 Å². The molecule has 15 heavy (non-hydrogen) atoms. The molecule has 2 aromatic heterocycles. The molecular formula is C11H13N3O. The summed E-state index contributed by atoms with van der Waals surface area (Å²) in [7, 11) is 0. The van der Waals surface area contributed by atoms with Crippen molar-refractivity contribution in [2.75, 3.05) is 0 Å². The van der Waals surface area contributed by atoms with Crippen molar-refractivity contribution < 1.29 is 0 Å². The Morgan fingerprint density at radius 2 is 2.33 bits per heavy atom. The molecule has 0 aromatic carbocycles. The lowest BCUT2D eigenvalue weighted by Gasteiger charge is -2.01. The molecule has 0 bridgehead atoms. The molecule has 0 fully saturated rings. The molecule has 0 atom stereocenters. The Hall–Kier alpha value is -1.84. The number of rotatable bonds is 3. The summed E-state index contributed by atoms with van der Waals surface area (Å²) in [5.74, 6) is 0.745. The van der Waals surface area contributed by atoms with Crippen molar-refractivity contribution in [3.05, 3.63) is 40.6 Å². The standard InChI is InChI=1S/C11H13N3O/c1-2-4-10-13-9(7-11(15)14-10)8-5-3-6-12-8/h3,5-7,12H,2,4H2,1H3,(H,13,14,15). The molecule has 4 nitrogen and oxygen atoms in total. The van der Waals surface area contributed by atoms with E-state index in [9.17, 15) is 4.79 Å². The summed E-state index contributed by atoms with van der Waals surface area (Å²) in [5.41, 5.74) is 1.48. The molecule has 0 radical (unpaired) electrons. The van der Waals surface area contributed by atoms with Gasteiger partial charge in [-0.1, -0.05) is 6.92 Å². The fourth-order valence-electron chi connectivity index (χ4n) is 1.49. The number of aryl methyl sites for hydroxylation is 1. The topological polar surface area (TPSA) is 61.5 Å². The van der Waals surface area contributed by atoms with Gasteiger partial charge in [0.15, 0.2) is 0 Å². The highest BCUT2D eigenvalue weighted by Crippen LogP contribution is 2.11. The molecule has 78 valence electrons. The van der Waals surface area contributed by atoms with Gasteiger partial charge in [0, 0.05) is 18.7 Å². The Morgan fingerprint density at radius 3 is 3.00 bits per heavy atom. The second-order valence-corrected chi connectivity index (χ2v) is 3.41. The van der Waals surface area contributed by atoms with Gasteiger partial charge in [-0.05, 0) is 18.6 Å². The molecule has 0 saturated heterocycles. The van der Waals surface area contributed by atoms with E-state index in [4.69, 9.17) is 0 Å². The van der Waals surface area contributed by atoms with Crippen molar-refractivity contribution in [2.45, 2.75) is 19.8 Å². The minimum absolute atomic E-state index is 0.0990. The molecular weight excluding hydrogens is 190 g/mol. The minimum Gasteiger partial charge on any atom is -0.360 e. The van der Waals surface area contributed by atoms with E-state index in [0.29, 0.717) is 5.69 Å². The SMILES string of the molecule is CCCc1nc(-c2ccc[nH]2)cc(=O)[nH]1. The maximum absolute atomic E-state index is 11.4. The summed E-state index contributed by atoms with van der Waals surface area (Å²) < 4.78 is 0. The number of hydrogen-bond acceptors (Lipinski definition) is 2. The summed E-state index contributed by atoms with van der Waals surface area (Å²) in [6.45, 7) is 2.06. The lowest BCUT2D eigenvalue weighted by Crippen LogP contribution is -2.11. The van der Waals surface area contributed by atoms with Crippen LogP contribution in [0.2, 0.25) is 0 Å². The van der Waals surface area contributed by atoms with Crippen LogP contribution in [-0.4, -0.2) is 15.0 Å². The number of aromatic nitrogens is 3. The average Bonchev–Trinajstić information content (AvgIpc) is 2.70. The fraction of sp³-hybridized carbons (Fsp3) is 0.273. The summed E-state index contributed by atoms with van der Waals surface area (Å²) in [6, 6.07) is 5.29. The lowest BCUT2D eigenvalue weighted by molar-refractivity contribution is 0.827. The van der Waals surface area contributed by atoms with E-state index >= 15 is 0 Å². The number of H-pyrrole nitrogens is 2. The average molecular weight is 203 g/mol. The van der Waals surface area contributed by atoms with E-state index in [0.717, 1.165) is 24.4 Å². The van der Waals surface area contributed by atoms with Crippen LogP contribution < -0.4 is 5.56 Å².